The maximum Gasteiger partial charge on any atom is 0.0946 e. The number of nitrogens with zero attached hydrogens (tertiary/aromatic N) is 1. The standard InChI is InChI=1S/C25H38N2O2/c1-17-12-23(24(19(3)18(17)2)21-6-10-28-11-7-21)20-4-8-27(9-5-20)22-13-25(29-14-22)15-26-16-25/h12,20-22,26H,4-11,13-16H2,1-3H3/t22-/m0/s1. The molecule has 4 nitrogen and oxygen atoms in total. The topological polar surface area (TPSA) is 33.7 Å². The third-order valence-electron chi connectivity index (χ3n) is 8.44. The first kappa shape index (κ1) is 20.0. The monoisotopic (exact) mass is 398 g/mol. The molecule has 0 aliphatic carbocycles. The quantitative estimate of drug-likeness (QED) is 0.839. The Bertz CT molecular complexity index is 744. The van der Waals surface area contributed by atoms with Crippen LogP contribution in [-0.4, -0.2) is 62.5 Å². The van der Waals surface area contributed by atoms with E-state index >= 15 is 0 Å². The minimum absolute atomic E-state index is 0.170. The van der Waals surface area contributed by atoms with Crippen LogP contribution in [0.15, 0.2) is 6.07 Å². The number of hydrogen-bond acceptors (Lipinski definition) is 4. The summed E-state index contributed by atoms with van der Waals surface area (Å²) < 4.78 is 11.9. The largest absolute Gasteiger partial charge is 0.381 e. The van der Waals surface area contributed by atoms with Crippen molar-refractivity contribution in [1.82, 2.24) is 10.2 Å². The Balaban J connectivity index is 1.32. The molecule has 160 valence electrons. The Labute approximate surface area is 176 Å². The molecule has 1 aromatic carbocycles. The highest BCUT2D eigenvalue weighted by molar-refractivity contribution is 5.48. The van der Waals surface area contributed by atoms with Crippen LogP contribution in [-0.2, 0) is 9.47 Å². The van der Waals surface area contributed by atoms with Crippen LogP contribution < -0.4 is 5.32 Å². The van der Waals surface area contributed by atoms with Crippen LogP contribution in [0.25, 0.3) is 0 Å². The number of likely N-dealkylation sites (tertiary alicyclic amines) is 1. The molecule has 0 amide bonds. The Hall–Kier alpha value is -0.940. The summed E-state index contributed by atoms with van der Waals surface area (Å²) >= 11 is 0. The second-order valence-electron chi connectivity index (χ2n) is 10.1. The van der Waals surface area contributed by atoms with Crippen LogP contribution in [0.5, 0.6) is 0 Å². The summed E-state index contributed by atoms with van der Waals surface area (Å²) in [6, 6.07) is 3.18. The molecule has 4 saturated heterocycles. The summed E-state index contributed by atoms with van der Waals surface area (Å²) in [6.07, 6.45) is 6.18. The lowest BCUT2D eigenvalue weighted by molar-refractivity contribution is -0.0367. The zero-order chi connectivity index (χ0) is 20.0. The lowest BCUT2D eigenvalue weighted by Crippen LogP contribution is -2.59. The van der Waals surface area contributed by atoms with E-state index in [1.54, 1.807) is 16.7 Å². The SMILES string of the molecule is Cc1cc(C2CCN([C@@H]3COC4(CNC4)C3)CC2)c(C2CCOCC2)c(C)c1C. The number of piperidine rings is 1. The molecular formula is C25H38N2O2. The maximum atomic E-state index is 6.18. The van der Waals surface area contributed by atoms with Gasteiger partial charge in [0.1, 0.15) is 0 Å². The predicted octanol–water partition coefficient (Wildman–Crippen LogP) is 3.82. The highest BCUT2D eigenvalue weighted by atomic mass is 16.5. The Morgan fingerprint density at radius 3 is 2.31 bits per heavy atom. The van der Waals surface area contributed by atoms with Gasteiger partial charge in [0.2, 0.25) is 0 Å². The van der Waals surface area contributed by atoms with Crippen LogP contribution in [0, 0.1) is 20.8 Å². The molecule has 0 bridgehead atoms. The third kappa shape index (κ3) is 3.67. The molecule has 1 spiro atoms. The van der Waals surface area contributed by atoms with Crippen LogP contribution in [0.2, 0.25) is 0 Å². The first-order chi connectivity index (χ1) is 14.1. The molecule has 1 N–H and O–H groups in total. The first-order valence-electron chi connectivity index (χ1n) is 11.8. The van der Waals surface area contributed by atoms with E-state index in [2.05, 4.69) is 37.1 Å². The van der Waals surface area contributed by atoms with Crippen molar-refractivity contribution in [2.24, 2.45) is 0 Å². The molecule has 1 aromatic rings. The number of hydrogen-bond donors (Lipinski definition) is 1. The lowest BCUT2D eigenvalue weighted by Gasteiger charge is -2.40. The van der Waals surface area contributed by atoms with Crippen molar-refractivity contribution < 1.29 is 9.47 Å². The van der Waals surface area contributed by atoms with Crippen molar-refractivity contribution in [1.29, 1.82) is 0 Å². The third-order valence-corrected chi connectivity index (χ3v) is 8.44. The van der Waals surface area contributed by atoms with Gasteiger partial charge in [-0.2, -0.15) is 0 Å². The number of aryl methyl sites for hydroxylation is 1. The fourth-order valence-corrected chi connectivity index (χ4v) is 6.28. The summed E-state index contributed by atoms with van der Waals surface area (Å²) in [5, 5.41) is 3.40. The number of ether oxygens (including phenoxy) is 2. The zero-order valence-corrected chi connectivity index (χ0v) is 18.6. The molecular weight excluding hydrogens is 360 g/mol. The summed E-state index contributed by atoms with van der Waals surface area (Å²) in [7, 11) is 0. The molecule has 0 radical (unpaired) electrons. The zero-order valence-electron chi connectivity index (χ0n) is 18.6. The molecule has 0 saturated carbocycles. The van der Waals surface area contributed by atoms with E-state index in [1.807, 2.05) is 0 Å². The number of benzene rings is 1. The van der Waals surface area contributed by atoms with Crippen LogP contribution in [0.4, 0.5) is 0 Å². The van der Waals surface area contributed by atoms with Gasteiger partial charge in [0.25, 0.3) is 0 Å². The van der Waals surface area contributed by atoms with Crippen molar-refractivity contribution in [2.45, 2.75) is 76.4 Å². The summed E-state index contributed by atoms with van der Waals surface area (Å²) in [5.74, 6) is 1.40. The number of rotatable bonds is 3. The Morgan fingerprint density at radius 2 is 1.69 bits per heavy atom. The minimum Gasteiger partial charge on any atom is -0.381 e. The maximum absolute atomic E-state index is 6.18. The molecule has 4 aliphatic heterocycles. The normalized spacial score (nSPS) is 28.7. The van der Waals surface area contributed by atoms with Crippen molar-refractivity contribution in [3.63, 3.8) is 0 Å². The van der Waals surface area contributed by atoms with E-state index in [4.69, 9.17) is 9.47 Å². The van der Waals surface area contributed by atoms with Crippen molar-refractivity contribution in [2.75, 3.05) is 46.0 Å². The van der Waals surface area contributed by atoms with E-state index in [9.17, 15) is 0 Å². The smallest absolute Gasteiger partial charge is 0.0946 e. The van der Waals surface area contributed by atoms with Crippen LogP contribution in [0.3, 0.4) is 0 Å². The molecule has 4 heteroatoms. The van der Waals surface area contributed by atoms with Gasteiger partial charge in [0, 0.05) is 32.3 Å². The molecule has 1 atom stereocenters. The Kier molecular flexibility index (Phi) is 5.48. The van der Waals surface area contributed by atoms with Crippen molar-refractivity contribution in [3.05, 3.63) is 33.9 Å². The van der Waals surface area contributed by atoms with E-state index in [0.717, 1.165) is 32.9 Å². The predicted molar refractivity (Wildman–Crippen MR) is 117 cm³/mol. The van der Waals surface area contributed by atoms with Crippen molar-refractivity contribution >= 4 is 0 Å². The van der Waals surface area contributed by atoms with E-state index in [0.29, 0.717) is 17.9 Å². The fourth-order valence-electron chi connectivity index (χ4n) is 6.28. The van der Waals surface area contributed by atoms with Gasteiger partial charge in [-0.3, -0.25) is 4.90 Å². The van der Waals surface area contributed by atoms with Gasteiger partial charge in [0.15, 0.2) is 0 Å². The van der Waals surface area contributed by atoms with E-state index in [-0.39, 0.29) is 5.60 Å². The second-order valence-corrected chi connectivity index (χ2v) is 10.1. The summed E-state index contributed by atoms with van der Waals surface area (Å²) in [6.45, 7) is 14.3. The van der Waals surface area contributed by atoms with Gasteiger partial charge < -0.3 is 14.8 Å². The molecule has 4 fully saturated rings. The van der Waals surface area contributed by atoms with Crippen molar-refractivity contribution in [3.8, 4) is 0 Å². The summed E-state index contributed by atoms with van der Waals surface area (Å²) in [5.41, 5.74) is 8.04. The average molecular weight is 399 g/mol. The van der Waals surface area contributed by atoms with Gasteiger partial charge >= 0.3 is 0 Å². The molecule has 5 rings (SSSR count). The highest BCUT2D eigenvalue weighted by Gasteiger charge is 2.47. The van der Waals surface area contributed by atoms with E-state index < -0.39 is 0 Å². The fraction of sp³-hybridized carbons (Fsp3) is 0.760. The molecule has 0 unspecified atom stereocenters. The first-order valence-corrected chi connectivity index (χ1v) is 11.8. The minimum atomic E-state index is 0.170. The van der Waals surface area contributed by atoms with E-state index in [1.165, 1.54) is 56.3 Å². The van der Waals surface area contributed by atoms with Gasteiger partial charge in [-0.25, -0.2) is 0 Å². The second kappa shape index (κ2) is 7.96. The van der Waals surface area contributed by atoms with Crippen LogP contribution in [0.1, 0.15) is 71.8 Å². The van der Waals surface area contributed by atoms with Gasteiger partial charge in [-0.05, 0) is 106 Å². The molecule has 0 aromatic heterocycles. The van der Waals surface area contributed by atoms with Gasteiger partial charge in [-0.15, -0.1) is 0 Å². The van der Waals surface area contributed by atoms with Crippen LogP contribution >= 0.6 is 0 Å². The molecule has 4 aliphatic rings. The number of nitrogens with one attached hydrogen (secondary N) is 1. The van der Waals surface area contributed by atoms with Gasteiger partial charge in [-0.1, -0.05) is 6.07 Å². The molecule has 29 heavy (non-hydrogen) atoms. The lowest BCUT2D eigenvalue weighted by atomic mass is 9.76. The highest BCUT2D eigenvalue weighted by Crippen LogP contribution is 2.42. The average Bonchev–Trinajstić information content (AvgIpc) is 3.19. The summed E-state index contributed by atoms with van der Waals surface area (Å²) in [4.78, 5) is 2.73. The van der Waals surface area contributed by atoms with Gasteiger partial charge in [0.05, 0.1) is 12.2 Å². The Morgan fingerprint density at radius 1 is 0.966 bits per heavy atom. The molecule has 4 heterocycles.